The van der Waals surface area contributed by atoms with E-state index in [1.165, 1.54) is 0 Å². The quantitative estimate of drug-likeness (QED) is 0.537. The Hall–Kier alpha value is -1.25. The molecular weight excluding hydrogens is 158 g/mol. The summed E-state index contributed by atoms with van der Waals surface area (Å²) in [6.45, 7) is 0. The van der Waals surface area contributed by atoms with Crippen LogP contribution >= 0.6 is 12.2 Å². The zero-order valence-electron chi connectivity index (χ0n) is 6.03. The van der Waals surface area contributed by atoms with Crippen molar-refractivity contribution in [2.75, 3.05) is 12.4 Å². The van der Waals surface area contributed by atoms with Crippen LogP contribution in [0, 0.1) is 0 Å². The van der Waals surface area contributed by atoms with Gasteiger partial charge in [0.15, 0.2) is 0 Å². The van der Waals surface area contributed by atoms with E-state index in [4.69, 9.17) is 0 Å². The Morgan fingerprint density at radius 2 is 2.45 bits per heavy atom. The van der Waals surface area contributed by atoms with Crippen molar-refractivity contribution in [2.45, 2.75) is 0 Å². The van der Waals surface area contributed by atoms with Gasteiger partial charge >= 0.3 is 0 Å². The third kappa shape index (κ3) is 2.11. The van der Waals surface area contributed by atoms with Gasteiger partial charge in [-0.05, 0) is 24.4 Å². The van der Waals surface area contributed by atoms with E-state index in [1.807, 2.05) is 19.2 Å². The highest BCUT2D eigenvalue weighted by Crippen LogP contribution is 2.10. The highest BCUT2D eigenvalue weighted by Gasteiger charge is 1.89. The Balaban J connectivity index is 2.91. The number of isothiocyanates is 1. The molecule has 0 saturated heterocycles. The van der Waals surface area contributed by atoms with Gasteiger partial charge in [0, 0.05) is 7.05 Å². The number of nitrogens with one attached hydrogen (secondary N) is 1. The van der Waals surface area contributed by atoms with Gasteiger partial charge in [0.2, 0.25) is 0 Å². The fraction of sp³-hybridized carbons (Fsp3) is 0.143. The summed E-state index contributed by atoms with van der Waals surface area (Å²) >= 11 is 4.44. The molecule has 0 unspecified atom stereocenters. The number of aromatic nitrogens is 1. The molecule has 11 heavy (non-hydrogen) atoms. The number of nitrogens with zero attached hydrogens (tertiary/aromatic N) is 2. The molecule has 1 aromatic heterocycles. The average molecular weight is 165 g/mol. The predicted octanol–water partition coefficient (Wildman–Crippen LogP) is 1.86. The smallest absolute Gasteiger partial charge is 0.125 e. The van der Waals surface area contributed by atoms with Gasteiger partial charge in [0.05, 0.1) is 17.0 Å². The summed E-state index contributed by atoms with van der Waals surface area (Å²) in [7, 11) is 1.81. The lowest BCUT2D eigenvalue weighted by Crippen LogP contribution is -1.89. The normalized spacial score (nSPS) is 8.45. The van der Waals surface area contributed by atoms with Gasteiger partial charge in [0.1, 0.15) is 5.82 Å². The largest absolute Gasteiger partial charge is 0.373 e. The average Bonchev–Trinajstić information content (AvgIpc) is 2.07. The van der Waals surface area contributed by atoms with Crippen LogP contribution in [0.4, 0.5) is 11.5 Å². The molecule has 0 aliphatic carbocycles. The molecule has 0 radical (unpaired) electrons. The molecule has 3 nitrogen and oxygen atoms in total. The second kappa shape index (κ2) is 3.81. The number of thiocarbonyl (C=S) groups is 1. The molecule has 56 valence electrons. The lowest BCUT2D eigenvalue weighted by atomic mass is 10.4. The topological polar surface area (TPSA) is 37.3 Å². The van der Waals surface area contributed by atoms with E-state index in [1.54, 1.807) is 6.20 Å². The van der Waals surface area contributed by atoms with Gasteiger partial charge in [-0.2, -0.15) is 4.99 Å². The van der Waals surface area contributed by atoms with Gasteiger partial charge in [-0.3, -0.25) is 0 Å². The van der Waals surface area contributed by atoms with Crippen molar-refractivity contribution in [2.24, 2.45) is 4.99 Å². The van der Waals surface area contributed by atoms with Crippen molar-refractivity contribution >= 4 is 28.9 Å². The highest BCUT2D eigenvalue weighted by molar-refractivity contribution is 7.78. The fourth-order valence-electron chi connectivity index (χ4n) is 0.653. The maximum atomic E-state index is 4.44. The first-order valence-corrected chi connectivity index (χ1v) is 3.49. The highest BCUT2D eigenvalue weighted by atomic mass is 32.1. The van der Waals surface area contributed by atoms with Crippen LogP contribution in [0.15, 0.2) is 23.3 Å². The summed E-state index contributed by atoms with van der Waals surface area (Å²) in [5, 5.41) is 5.17. The first-order valence-electron chi connectivity index (χ1n) is 3.08. The predicted molar refractivity (Wildman–Crippen MR) is 48.5 cm³/mol. The maximum Gasteiger partial charge on any atom is 0.125 e. The molecule has 0 amide bonds. The molecule has 0 fully saturated rings. The summed E-state index contributed by atoms with van der Waals surface area (Å²) in [4.78, 5) is 7.78. The first-order chi connectivity index (χ1) is 5.36. The summed E-state index contributed by atoms with van der Waals surface area (Å²) in [6, 6.07) is 3.64. The molecule has 0 atom stereocenters. The van der Waals surface area contributed by atoms with Crippen LogP contribution in [0.2, 0.25) is 0 Å². The van der Waals surface area contributed by atoms with E-state index in [9.17, 15) is 0 Å². The van der Waals surface area contributed by atoms with Crippen LogP contribution < -0.4 is 5.32 Å². The van der Waals surface area contributed by atoms with Gasteiger partial charge in [0.25, 0.3) is 0 Å². The summed E-state index contributed by atoms with van der Waals surface area (Å²) in [5.41, 5.74) is 0.721. The number of hydrogen-bond donors (Lipinski definition) is 1. The molecule has 0 saturated carbocycles. The van der Waals surface area contributed by atoms with E-state index >= 15 is 0 Å². The van der Waals surface area contributed by atoms with Gasteiger partial charge in [-0.1, -0.05) is 0 Å². The van der Waals surface area contributed by atoms with Crippen LogP contribution in [0.25, 0.3) is 0 Å². The lowest BCUT2D eigenvalue weighted by molar-refractivity contribution is 1.28. The van der Waals surface area contributed by atoms with Crippen molar-refractivity contribution < 1.29 is 0 Å². The number of anilines is 1. The molecule has 0 bridgehead atoms. The monoisotopic (exact) mass is 165 g/mol. The maximum absolute atomic E-state index is 4.44. The van der Waals surface area contributed by atoms with Crippen molar-refractivity contribution in [1.82, 2.24) is 4.98 Å². The van der Waals surface area contributed by atoms with Gasteiger partial charge in [-0.25, -0.2) is 4.98 Å². The Bertz CT molecular complexity index is 274. The van der Waals surface area contributed by atoms with Crippen molar-refractivity contribution in [1.29, 1.82) is 0 Å². The Morgan fingerprint density at radius 3 is 2.91 bits per heavy atom. The molecule has 0 aromatic carbocycles. The molecule has 0 spiro atoms. The zero-order valence-corrected chi connectivity index (χ0v) is 6.85. The van der Waals surface area contributed by atoms with E-state index in [0.29, 0.717) is 0 Å². The van der Waals surface area contributed by atoms with Gasteiger partial charge in [-0.15, -0.1) is 0 Å². The van der Waals surface area contributed by atoms with E-state index in [-0.39, 0.29) is 0 Å². The second-order valence-corrected chi connectivity index (χ2v) is 2.04. The summed E-state index contributed by atoms with van der Waals surface area (Å²) in [5.74, 6) is 0.813. The molecule has 1 N–H and O–H groups in total. The lowest BCUT2D eigenvalue weighted by Gasteiger charge is -1.96. The minimum absolute atomic E-state index is 0.721. The molecule has 1 aromatic rings. The molecule has 1 heterocycles. The van der Waals surface area contributed by atoms with Crippen LogP contribution in [0.1, 0.15) is 0 Å². The standard InChI is InChI=1S/C7H7N3S/c1-8-7-3-2-6(4-9-7)10-5-11/h2-4H,1H3,(H,8,9). The van der Waals surface area contributed by atoms with Gasteiger partial charge < -0.3 is 5.32 Å². The number of pyridine rings is 1. The van der Waals surface area contributed by atoms with Crippen molar-refractivity contribution in [3.8, 4) is 0 Å². The SMILES string of the molecule is CNc1ccc(N=C=S)cn1. The van der Waals surface area contributed by atoms with Crippen LogP contribution in [-0.2, 0) is 0 Å². The third-order valence-electron chi connectivity index (χ3n) is 1.18. The molecule has 0 aliphatic heterocycles. The fourth-order valence-corrected chi connectivity index (χ4v) is 0.758. The first kappa shape index (κ1) is 7.85. The van der Waals surface area contributed by atoms with E-state index < -0.39 is 0 Å². The molecule has 1 rings (SSSR count). The van der Waals surface area contributed by atoms with Crippen LogP contribution in [0.5, 0.6) is 0 Å². The minimum Gasteiger partial charge on any atom is -0.373 e. The Labute approximate surface area is 70.2 Å². The minimum atomic E-state index is 0.721. The Kier molecular flexibility index (Phi) is 2.72. The van der Waals surface area contributed by atoms with Crippen LogP contribution in [-0.4, -0.2) is 17.2 Å². The van der Waals surface area contributed by atoms with Crippen molar-refractivity contribution in [3.63, 3.8) is 0 Å². The Morgan fingerprint density at radius 1 is 1.64 bits per heavy atom. The second-order valence-electron chi connectivity index (χ2n) is 1.85. The van der Waals surface area contributed by atoms with Crippen molar-refractivity contribution in [3.05, 3.63) is 18.3 Å². The van der Waals surface area contributed by atoms with E-state index in [2.05, 4.69) is 32.7 Å². The molecule has 4 heteroatoms. The number of aliphatic imine (C=N–C) groups is 1. The number of rotatable bonds is 2. The summed E-state index contributed by atoms with van der Waals surface area (Å²) < 4.78 is 0. The summed E-state index contributed by atoms with van der Waals surface area (Å²) in [6.07, 6.45) is 1.63. The molecule has 0 aliphatic rings. The number of hydrogen-bond acceptors (Lipinski definition) is 4. The third-order valence-corrected chi connectivity index (χ3v) is 1.27. The molecular formula is C7H7N3S. The van der Waals surface area contributed by atoms with Crippen LogP contribution in [0.3, 0.4) is 0 Å². The van der Waals surface area contributed by atoms with E-state index in [0.717, 1.165) is 11.5 Å². The zero-order chi connectivity index (χ0) is 8.10.